The lowest BCUT2D eigenvalue weighted by atomic mass is 10.1. The van der Waals surface area contributed by atoms with Gasteiger partial charge in [0.05, 0.1) is 18.4 Å². The van der Waals surface area contributed by atoms with Crippen LogP contribution in [0.4, 0.5) is 0 Å². The fourth-order valence-corrected chi connectivity index (χ4v) is 2.34. The number of aromatic nitrogens is 2. The average Bonchev–Trinajstić information content (AvgIpc) is 2.87. The Hall–Kier alpha value is -2.14. The van der Waals surface area contributed by atoms with Gasteiger partial charge in [-0.2, -0.15) is 0 Å². The number of ether oxygens (including phenoxy) is 1. The number of benzene rings is 1. The quantitative estimate of drug-likeness (QED) is 0.852. The minimum Gasteiger partial charge on any atom is -0.496 e. The molecule has 2 N–H and O–H groups in total. The van der Waals surface area contributed by atoms with Crippen LogP contribution in [0.15, 0.2) is 23.0 Å². The fraction of sp³-hybridized carbons (Fsp3) is 0.286. The maximum absolute atomic E-state index is 12.0. The number of fused-ring (bicyclic) bond motifs is 1. The van der Waals surface area contributed by atoms with Crippen molar-refractivity contribution in [3.8, 4) is 17.1 Å². The number of methoxy groups -OCH3 is 1. The Morgan fingerprint density at radius 2 is 2.16 bits per heavy atom. The van der Waals surface area contributed by atoms with Crippen LogP contribution in [0, 0.1) is 6.92 Å². The topological polar surface area (TPSA) is 67.0 Å². The summed E-state index contributed by atoms with van der Waals surface area (Å²) in [6.07, 6.45) is 0. The number of nitrogens with one attached hydrogen (secondary N) is 2. The van der Waals surface area contributed by atoms with Gasteiger partial charge in [-0.15, -0.1) is 0 Å². The van der Waals surface area contributed by atoms with Crippen molar-refractivity contribution in [1.82, 2.24) is 15.3 Å². The third-order valence-electron chi connectivity index (χ3n) is 3.36. The lowest BCUT2D eigenvalue weighted by molar-refractivity contribution is 0.412. The van der Waals surface area contributed by atoms with Crippen LogP contribution in [-0.2, 0) is 13.1 Å². The van der Waals surface area contributed by atoms with Gasteiger partial charge in [-0.25, -0.2) is 4.98 Å². The molecule has 0 saturated heterocycles. The summed E-state index contributed by atoms with van der Waals surface area (Å²) in [7, 11) is 1.64. The summed E-state index contributed by atoms with van der Waals surface area (Å²) in [5.41, 5.74) is 3.44. The van der Waals surface area contributed by atoms with Crippen molar-refractivity contribution in [3.63, 3.8) is 0 Å². The molecule has 1 aliphatic heterocycles. The number of H-pyrrole nitrogens is 1. The van der Waals surface area contributed by atoms with Gasteiger partial charge in [-0.3, -0.25) is 4.79 Å². The molecule has 0 amide bonds. The Morgan fingerprint density at radius 3 is 2.89 bits per heavy atom. The minimum atomic E-state index is -0.0570. The summed E-state index contributed by atoms with van der Waals surface area (Å²) in [6, 6.07) is 5.75. The van der Waals surface area contributed by atoms with Gasteiger partial charge >= 0.3 is 0 Å². The van der Waals surface area contributed by atoms with Gasteiger partial charge in [0.25, 0.3) is 5.56 Å². The van der Waals surface area contributed by atoms with Gasteiger partial charge in [0, 0.05) is 18.7 Å². The van der Waals surface area contributed by atoms with E-state index in [1.165, 1.54) is 0 Å². The van der Waals surface area contributed by atoms with Gasteiger partial charge in [0.15, 0.2) is 0 Å². The molecule has 5 heteroatoms. The predicted octanol–water partition coefficient (Wildman–Crippen LogP) is 1.36. The van der Waals surface area contributed by atoms with Crippen molar-refractivity contribution in [1.29, 1.82) is 0 Å². The molecule has 1 aliphatic rings. The molecular weight excluding hydrogens is 242 g/mol. The minimum absolute atomic E-state index is 0.0570. The molecule has 98 valence electrons. The summed E-state index contributed by atoms with van der Waals surface area (Å²) in [4.78, 5) is 19.3. The van der Waals surface area contributed by atoms with Crippen molar-refractivity contribution in [2.45, 2.75) is 20.0 Å². The van der Waals surface area contributed by atoms with E-state index in [9.17, 15) is 4.79 Å². The first kappa shape index (κ1) is 11.9. The van der Waals surface area contributed by atoms with Crippen molar-refractivity contribution in [2.24, 2.45) is 0 Å². The zero-order chi connectivity index (χ0) is 13.4. The van der Waals surface area contributed by atoms with Crippen LogP contribution in [0.3, 0.4) is 0 Å². The first-order chi connectivity index (χ1) is 9.19. The predicted molar refractivity (Wildman–Crippen MR) is 72.1 cm³/mol. The summed E-state index contributed by atoms with van der Waals surface area (Å²) >= 11 is 0. The van der Waals surface area contributed by atoms with Gasteiger partial charge in [0.1, 0.15) is 11.6 Å². The van der Waals surface area contributed by atoms with E-state index in [4.69, 9.17) is 4.74 Å². The number of hydrogen-bond acceptors (Lipinski definition) is 4. The Labute approximate surface area is 110 Å². The molecule has 0 unspecified atom stereocenters. The smallest absolute Gasteiger partial charge is 0.255 e. The lowest BCUT2D eigenvalue weighted by Gasteiger charge is -2.08. The molecule has 3 rings (SSSR count). The second-order valence-electron chi connectivity index (χ2n) is 4.63. The maximum atomic E-state index is 12.0. The molecule has 0 bridgehead atoms. The number of hydrogen-bond donors (Lipinski definition) is 2. The van der Waals surface area contributed by atoms with Crippen LogP contribution >= 0.6 is 0 Å². The third kappa shape index (κ3) is 2.02. The highest BCUT2D eigenvalue weighted by Gasteiger charge is 2.17. The van der Waals surface area contributed by atoms with E-state index in [0.717, 1.165) is 28.1 Å². The molecule has 2 aromatic rings. The zero-order valence-corrected chi connectivity index (χ0v) is 10.9. The van der Waals surface area contributed by atoms with E-state index < -0.39 is 0 Å². The van der Waals surface area contributed by atoms with E-state index in [1.54, 1.807) is 7.11 Å². The van der Waals surface area contributed by atoms with E-state index in [0.29, 0.717) is 18.9 Å². The zero-order valence-electron chi connectivity index (χ0n) is 10.9. The van der Waals surface area contributed by atoms with Gasteiger partial charge in [0.2, 0.25) is 0 Å². The van der Waals surface area contributed by atoms with Crippen LogP contribution in [-0.4, -0.2) is 17.1 Å². The Balaban J connectivity index is 2.10. The molecule has 1 aromatic heterocycles. The Morgan fingerprint density at radius 1 is 1.32 bits per heavy atom. The first-order valence-electron chi connectivity index (χ1n) is 6.17. The molecule has 0 atom stereocenters. The Kier molecular flexibility index (Phi) is 2.83. The van der Waals surface area contributed by atoms with E-state index >= 15 is 0 Å². The van der Waals surface area contributed by atoms with Crippen molar-refractivity contribution >= 4 is 0 Å². The highest BCUT2D eigenvalue weighted by Crippen LogP contribution is 2.24. The highest BCUT2D eigenvalue weighted by atomic mass is 16.5. The van der Waals surface area contributed by atoms with Crippen molar-refractivity contribution in [2.75, 3.05) is 7.11 Å². The first-order valence-corrected chi connectivity index (χ1v) is 6.17. The molecule has 0 fully saturated rings. The van der Waals surface area contributed by atoms with Crippen LogP contribution in [0.5, 0.6) is 5.75 Å². The van der Waals surface area contributed by atoms with Gasteiger partial charge in [-0.05, 0) is 30.7 Å². The Bertz CT molecular complexity index is 692. The fourth-order valence-electron chi connectivity index (χ4n) is 2.34. The SMILES string of the molecule is COc1ccc(-c2nc3c(c(=O)[nH]2)CNC3)cc1C. The largest absolute Gasteiger partial charge is 0.496 e. The van der Waals surface area contributed by atoms with Crippen LogP contribution in [0.1, 0.15) is 16.8 Å². The molecule has 19 heavy (non-hydrogen) atoms. The average molecular weight is 257 g/mol. The monoisotopic (exact) mass is 257 g/mol. The van der Waals surface area contributed by atoms with Gasteiger partial charge < -0.3 is 15.0 Å². The lowest BCUT2D eigenvalue weighted by Crippen LogP contribution is -2.15. The molecule has 0 spiro atoms. The number of rotatable bonds is 2. The molecular formula is C14H15N3O2. The van der Waals surface area contributed by atoms with Crippen molar-refractivity contribution < 1.29 is 4.74 Å². The molecule has 0 saturated carbocycles. The number of nitrogens with zero attached hydrogens (tertiary/aromatic N) is 1. The second-order valence-corrected chi connectivity index (χ2v) is 4.63. The molecule has 0 aliphatic carbocycles. The summed E-state index contributed by atoms with van der Waals surface area (Å²) < 4.78 is 5.23. The highest BCUT2D eigenvalue weighted by molar-refractivity contribution is 5.59. The van der Waals surface area contributed by atoms with E-state index in [-0.39, 0.29) is 5.56 Å². The molecule has 2 heterocycles. The summed E-state index contributed by atoms with van der Waals surface area (Å²) in [5, 5.41) is 3.13. The molecule has 0 radical (unpaired) electrons. The van der Waals surface area contributed by atoms with Crippen LogP contribution < -0.4 is 15.6 Å². The van der Waals surface area contributed by atoms with Crippen molar-refractivity contribution in [3.05, 3.63) is 45.4 Å². The molecule has 1 aromatic carbocycles. The second kappa shape index (κ2) is 4.51. The maximum Gasteiger partial charge on any atom is 0.255 e. The summed E-state index contributed by atoms with van der Waals surface area (Å²) in [6.45, 7) is 3.22. The third-order valence-corrected chi connectivity index (χ3v) is 3.36. The summed E-state index contributed by atoms with van der Waals surface area (Å²) in [5.74, 6) is 1.44. The number of aromatic amines is 1. The number of aryl methyl sites for hydroxylation is 1. The molecule has 5 nitrogen and oxygen atoms in total. The van der Waals surface area contributed by atoms with Gasteiger partial charge in [-0.1, -0.05) is 0 Å². The van der Waals surface area contributed by atoms with Crippen LogP contribution in [0.25, 0.3) is 11.4 Å². The van der Waals surface area contributed by atoms with E-state index in [2.05, 4.69) is 15.3 Å². The van der Waals surface area contributed by atoms with E-state index in [1.807, 2.05) is 25.1 Å². The van der Waals surface area contributed by atoms with Crippen LogP contribution in [0.2, 0.25) is 0 Å². The normalized spacial score (nSPS) is 13.4. The standard InChI is InChI=1S/C14H15N3O2/c1-8-5-9(3-4-12(8)19-2)13-16-11-7-15-6-10(11)14(18)17-13/h3-5,15H,6-7H2,1-2H3,(H,16,17,18).